The molecule has 0 spiro atoms. The van der Waals surface area contributed by atoms with Gasteiger partial charge in [0.1, 0.15) is 5.75 Å². The lowest BCUT2D eigenvalue weighted by molar-refractivity contribution is -0.138. The summed E-state index contributed by atoms with van der Waals surface area (Å²) >= 11 is 11.9. The average Bonchev–Trinajstić information content (AvgIpc) is 3.39. The van der Waals surface area contributed by atoms with Gasteiger partial charge >= 0.3 is 6.18 Å². The van der Waals surface area contributed by atoms with Crippen LogP contribution in [0.15, 0.2) is 79.3 Å². The number of thiocarbonyl (C=S) groups is 1. The van der Waals surface area contributed by atoms with Crippen LogP contribution in [0.2, 0.25) is 5.02 Å². The first-order valence-corrected chi connectivity index (χ1v) is 13.5. The van der Waals surface area contributed by atoms with Crippen molar-refractivity contribution in [2.45, 2.75) is 32.1 Å². The Morgan fingerprint density at radius 3 is 2.61 bits per heavy atom. The first kappa shape index (κ1) is 29.9. The molecular formula is C30H27ClF3N5OS. The highest BCUT2D eigenvalue weighted by molar-refractivity contribution is 7.80. The van der Waals surface area contributed by atoms with Crippen molar-refractivity contribution >= 4 is 34.6 Å². The third kappa shape index (κ3) is 7.99. The number of nitrogens with zero attached hydrogens (tertiary/aromatic N) is 4. The molecule has 0 aliphatic carbocycles. The lowest BCUT2D eigenvalue weighted by Crippen LogP contribution is -2.36. The van der Waals surface area contributed by atoms with Crippen LogP contribution < -0.4 is 10.1 Å². The predicted molar refractivity (Wildman–Crippen MR) is 157 cm³/mol. The topological polar surface area (TPSA) is 66.1 Å². The second-order valence-corrected chi connectivity index (χ2v) is 10.1. The number of rotatable bonds is 10. The summed E-state index contributed by atoms with van der Waals surface area (Å²) < 4.78 is 48.7. The van der Waals surface area contributed by atoms with E-state index < -0.39 is 11.7 Å². The Balaban J connectivity index is 1.51. The summed E-state index contributed by atoms with van der Waals surface area (Å²) in [5.41, 5.74) is 2.52. The van der Waals surface area contributed by atoms with Crippen molar-refractivity contribution in [2.75, 3.05) is 19.0 Å². The summed E-state index contributed by atoms with van der Waals surface area (Å²) in [6.07, 6.45) is 0.243. The van der Waals surface area contributed by atoms with Gasteiger partial charge in [0.2, 0.25) is 0 Å². The number of alkyl halides is 3. The van der Waals surface area contributed by atoms with E-state index >= 15 is 0 Å². The van der Waals surface area contributed by atoms with Gasteiger partial charge in [-0.3, -0.25) is 0 Å². The standard InChI is InChI=1S/C30H27ClF3N5OS/c1-40-28-13-12-24(31)15-27(28)37-29(41)38(19-23-5-2-3-7-26(23)30(32,33)34)14-4-6-25-17-36-20-39(25)18-22-10-8-21(16-35)9-11-22/h2-3,5,7-13,15,17,20H,4,6,14,18-19H2,1H3,(H,37,41). The van der Waals surface area contributed by atoms with Gasteiger partial charge in [0.15, 0.2) is 5.11 Å². The summed E-state index contributed by atoms with van der Waals surface area (Å²) in [7, 11) is 1.51. The number of hydrogen-bond donors (Lipinski definition) is 1. The number of halogens is 4. The van der Waals surface area contributed by atoms with Crippen LogP contribution >= 0.6 is 23.8 Å². The van der Waals surface area contributed by atoms with Gasteiger partial charge in [-0.1, -0.05) is 41.9 Å². The molecule has 6 nitrogen and oxygen atoms in total. The van der Waals surface area contributed by atoms with Crippen molar-refractivity contribution in [1.82, 2.24) is 14.5 Å². The molecule has 41 heavy (non-hydrogen) atoms. The predicted octanol–water partition coefficient (Wildman–Crippen LogP) is 7.32. The number of hydrogen-bond acceptors (Lipinski definition) is 4. The number of ether oxygens (including phenoxy) is 1. The Morgan fingerprint density at radius 1 is 1.15 bits per heavy atom. The van der Waals surface area contributed by atoms with Gasteiger partial charge in [0.25, 0.3) is 0 Å². The van der Waals surface area contributed by atoms with Gasteiger partial charge in [-0.2, -0.15) is 18.4 Å². The highest BCUT2D eigenvalue weighted by Crippen LogP contribution is 2.33. The zero-order valence-electron chi connectivity index (χ0n) is 22.2. The number of nitrogens with one attached hydrogen (secondary N) is 1. The smallest absolute Gasteiger partial charge is 0.416 e. The molecule has 0 aliphatic heterocycles. The van der Waals surface area contributed by atoms with Crippen molar-refractivity contribution in [3.63, 3.8) is 0 Å². The SMILES string of the molecule is COc1ccc(Cl)cc1NC(=S)N(CCCc1cncn1Cc1ccc(C#N)cc1)Cc1ccccc1C(F)(F)F. The Labute approximate surface area is 247 Å². The zero-order chi connectivity index (χ0) is 29.4. The van der Waals surface area contributed by atoms with E-state index in [1.54, 1.807) is 53.8 Å². The summed E-state index contributed by atoms with van der Waals surface area (Å²) in [4.78, 5) is 5.99. The van der Waals surface area contributed by atoms with E-state index in [-0.39, 0.29) is 17.2 Å². The third-order valence-corrected chi connectivity index (χ3v) is 7.07. The summed E-state index contributed by atoms with van der Waals surface area (Å²) in [6.45, 7) is 0.913. The first-order valence-electron chi connectivity index (χ1n) is 12.7. The minimum atomic E-state index is -4.49. The normalized spacial score (nSPS) is 11.1. The highest BCUT2D eigenvalue weighted by atomic mass is 35.5. The van der Waals surface area contributed by atoms with E-state index in [0.29, 0.717) is 48.0 Å². The molecular weight excluding hydrogens is 571 g/mol. The van der Waals surface area contributed by atoms with Crippen molar-refractivity contribution in [2.24, 2.45) is 0 Å². The van der Waals surface area contributed by atoms with Crippen LogP contribution in [0.3, 0.4) is 0 Å². The molecule has 0 saturated carbocycles. The number of aryl methyl sites for hydroxylation is 1. The Bertz CT molecular complexity index is 1530. The number of benzene rings is 3. The van der Waals surface area contributed by atoms with Crippen LogP contribution in [0.5, 0.6) is 5.75 Å². The van der Waals surface area contributed by atoms with Crippen LogP contribution in [-0.2, 0) is 25.7 Å². The van der Waals surface area contributed by atoms with E-state index in [2.05, 4.69) is 16.4 Å². The van der Waals surface area contributed by atoms with E-state index in [1.165, 1.54) is 19.2 Å². The van der Waals surface area contributed by atoms with Crippen molar-refractivity contribution < 1.29 is 17.9 Å². The van der Waals surface area contributed by atoms with Crippen molar-refractivity contribution in [3.05, 3.63) is 112 Å². The van der Waals surface area contributed by atoms with Crippen LogP contribution in [-0.4, -0.2) is 33.2 Å². The molecule has 0 saturated heterocycles. The van der Waals surface area contributed by atoms with E-state index in [9.17, 15) is 13.2 Å². The molecule has 3 aromatic carbocycles. The van der Waals surface area contributed by atoms with Crippen LogP contribution in [0.4, 0.5) is 18.9 Å². The molecule has 1 heterocycles. The molecule has 212 valence electrons. The molecule has 0 fully saturated rings. The molecule has 4 aromatic rings. The average molecular weight is 598 g/mol. The fourth-order valence-corrected chi connectivity index (χ4v) is 4.83. The lowest BCUT2D eigenvalue weighted by atomic mass is 10.1. The van der Waals surface area contributed by atoms with Crippen molar-refractivity contribution in [3.8, 4) is 11.8 Å². The Morgan fingerprint density at radius 2 is 1.90 bits per heavy atom. The maximum absolute atomic E-state index is 13.8. The summed E-state index contributed by atoms with van der Waals surface area (Å²) in [5.74, 6) is 0.499. The maximum Gasteiger partial charge on any atom is 0.416 e. The minimum absolute atomic E-state index is 0.0467. The molecule has 11 heteroatoms. The van der Waals surface area contributed by atoms with Gasteiger partial charge < -0.3 is 19.5 Å². The molecule has 1 N–H and O–H groups in total. The number of anilines is 1. The largest absolute Gasteiger partial charge is 0.495 e. The number of nitriles is 1. The lowest BCUT2D eigenvalue weighted by Gasteiger charge is -2.28. The Hall–Kier alpha value is -4.07. The molecule has 0 atom stereocenters. The fraction of sp³-hybridized carbons (Fsp3) is 0.233. The summed E-state index contributed by atoms with van der Waals surface area (Å²) in [6, 6.07) is 20.0. The van der Waals surface area contributed by atoms with Gasteiger partial charge in [-0.15, -0.1) is 0 Å². The van der Waals surface area contributed by atoms with Crippen LogP contribution in [0, 0.1) is 11.3 Å². The second kappa shape index (κ2) is 13.5. The number of methoxy groups -OCH3 is 1. The second-order valence-electron chi connectivity index (χ2n) is 9.28. The van der Waals surface area contributed by atoms with E-state index in [0.717, 1.165) is 17.3 Å². The number of aromatic nitrogens is 2. The zero-order valence-corrected chi connectivity index (χ0v) is 23.7. The van der Waals surface area contributed by atoms with Gasteiger partial charge in [-0.25, -0.2) is 4.98 Å². The Kier molecular flexibility index (Phi) is 9.86. The highest BCUT2D eigenvalue weighted by Gasteiger charge is 2.33. The fourth-order valence-electron chi connectivity index (χ4n) is 4.40. The van der Waals surface area contributed by atoms with Crippen LogP contribution in [0.25, 0.3) is 0 Å². The molecule has 0 aliphatic rings. The summed E-state index contributed by atoms with van der Waals surface area (Å²) in [5, 5.41) is 12.8. The van der Waals surface area contributed by atoms with Crippen LogP contribution in [0.1, 0.15) is 34.4 Å². The first-order chi connectivity index (χ1) is 19.7. The quantitative estimate of drug-likeness (QED) is 0.193. The van der Waals surface area contributed by atoms with Gasteiger partial charge in [-0.05, 0) is 72.6 Å². The van der Waals surface area contributed by atoms with Gasteiger partial charge in [0, 0.05) is 36.5 Å². The van der Waals surface area contributed by atoms with E-state index in [4.69, 9.17) is 33.8 Å². The number of imidazole rings is 1. The molecule has 0 amide bonds. The monoisotopic (exact) mass is 597 g/mol. The van der Waals surface area contributed by atoms with E-state index in [1.807, 2.05) is 16.7 Å². The van der Waals surface area contributed by atoms with Crippen molar-refractivity contribution in [1.29, 1.82) is 5.26 Å². The third-order valence-electron chi connectivity index (χ3n) is 6.47. The molecule has 0 radical (unpaired) electrons. The molecule has 0 unspecified atom stereocenters. The minimum Gasteiger partial charge on any atom is -0.495 e. The molecule has 4 rings (SSSR count). The molecule has 0 bridgehead atoms. The van der Waals surface area contributed by atoms with Gasteiger partial charge in [0.05, 0.1) is 36.3 Å². The maximum atomic E-state index is 13.8. The molecule has 1 aromatic heterocycles.